The van der Waals surface area contributed by atoms with Crippen molar-refractivity contribution in [3.05, 3.63) is 29.8 Å². The van der Waals surface area contributed by atoms with Crippen LogP contribution in [-0.2, 0) is 0 Å². The summed E-state index contributed by atoms with van der Waals surface area (Å²) in [5, 5.41) is 0. The highest BCUT2D eigenvalue weighted by atomic mass is 16.5. The Labute approximate surface area is 115 Å². The van der Waals surface area contributed by atoms with Crippen LogP contribution in [0, 0.1) is 5.92 Å². The van der Waals surface area contributed by atoms with Gasteiger partial charge in [-0.2, -0.15) is 0 Å². The van der Waals surface area contributed by atoms with Gasteiger partial charge in [0.1, 0.15) is 5.75 Å². The minimum atomic E-state index is 0.0465. The first-order chi connectivity index (χ1) is 9.20. The lowest BCUT2D eigenvalue weighted by Crippen LogP contribution is -2.35. The van der Waals surface area contributed by atoms with Crippen LogP contribution >= 0.6 is 0 Å². The van der Waals surface area contributed by atoms with Crippen molar-refractivity contribution in [3.8, 4) is 5.75 Å². The van der Waals surface area contributed by atoms with E-state index in [1.165, 1.54) is 19.3 Å². The molecule has 0 aliphatic carbocycles. The molecule has 0 aromatic heterocycles. The maximum atomic E-state index is 12.4. The monoisotopic (exact) mass is 261 g/mol. The number of carbonyl (C=O) groups excluding carboxylic acids is 1. The van der Waals surface area contributed by atoms with Gasteiger partial charge in [-0.15, -0.1) is 0 Å². The summed E-state index contributed by atoms with van der Waals surface area (Å²) < 4.78 is 5.17. The molecule has 1 heterocycles. The SMILES string of the molecule is COc1cccc(C(=O)C(C)CN2CCCCC2)c1. The first kappa shape index (κ1) is 14.1. The van der Waals surface area contributed by atoms with Gasteiger partial charge in [0.05, 0.1) is 7.11 Å². The second kappa shape index (κ2) is 6.71. The van der Waals surface area contributed by atoms with Crippen LogP contribution in [-0.4, -0.2) is 37.4 Å². The topological polar surface area (TPSA) is 29.5 Å². The number of ketones is 1. The van der Waals surface area contributed by atoms with Crippen molar-refractivity contribution in [2.75, 3.05) is 26.7 Å². The fraction of sp³-hybridized carbons (Fsp3) is 0.562. The maximum absolute atomic E-state index is 12.4. The quantitative estimate of drug-likeness (QED) is 0.763. The molecule has 1 aromatic rings. The van der Waals surface area contributed by atoms with Gasteiger partial charge in [-0.25, -0.2) is 0 Å². The van der Waals surface area contributed by atoms with Gasteiger partial charge in [0, 0.05) is 18.0 Å². The van der Waals surface area contributed by atoms with Crippen LogP contribution in [0.2, 0.25) is 0 Å². The largest absolute Gasteiger partial charge is 0.497 e. The summed E-state index contributed by atoms with van der Waals surface area (Å²) in [6.07, 6.45) is 3.86. The molecule has 0 spiro atoms. The first-order valence-corrected chi connectivity index (χ1v) is 7.11. The zero-order valence-electron chi connectivity index (χ0n) is 11.9. The van der Waals surface area contributed by atoms with Crippen molar-refractivity contribution >= 4 is 5.78 Å². The molecular formula is C16H23NO2. The zero-order valence-corrected chi connectivity index (χ0v) is 11.9. The third kappa shape index (κ3) is 3.80. The van der Waals surface area contributed by atoms with Crippen molar-refractivity contribution in [1.29, 1.82) is 0 Å². The number of rotatable bonds is 5. The van der Waals surface area contributed by atoms with Crippen LogP contribution < -0.4 is 4.74 Å². The summed E-state index contributed by atoms with van der Waals surface area (Å²) in [5.74, 6) is 1.01. The van der Waals surface area contributed by atoms with E-state index < -0.39 is 0 Å². The van der Waals surface area contributed by atoms with Crippen molar-refractivity contribution in [1.82, 2.24) is 4.90 Å². The first-order valence-electron chi connectivity index (χ1n) is 7.11. The van der Waals surface area contributed by atoms with Crippen LogP contribution in [0.15, 0.2) is 24.3 Å². The van der Waals surface area contributed by atoms with Crippen LogP contribution in [0.25, 0.3) is 0 Å². The molecule has 104 valence electrons. The predicted molar refractivity (Wildman–Crippen MR) is 76.8 cm³/mol. The summed E-state index contributed by atoms with van der Waals surface area (Å²) in [6.45, 7) is 5.16. The van der Waals surface area contributed by atoms with E-state index in [2.05, 4.69) is 4.90 Å². The number of hydrogen-bond acceptors (Lipinski definition) is 3. The van der Waals surface area contributed by atoms with Crippen molar-refractivity contribution in [2.24, 2.45) is 5.92 Å². The second-order valence-electron chi connectivity index (χ2n) is 5.36. The number of hydrogen-bond donors (Lipinski definition) is 0. The molecule has 0 N–H and O–H groups in total. The molecule has 0 radical (unpaired) electrons. The van der Waals surface area contributed by atoms with E-state index in [1.807, 2.05) is 31.2 Å². The predicted octanol–water partition coefficient (Wildman–Crippen LogP) is 3.00. The number of benzene rings is 1. The summed E-state index contributed by atoms with van der Waals surface area (Å²) in [4.78, 5) is 14.8. The van der Waals surface area contributed by atoms with E-state index in [9.17, 15) is 4.79 Å². The molecule has 1 saturated heterocycles. The van der Waals surface area contributed by atoms with Gasteiger partial charge in [-0.1, -0.05) is 25.5 Å². The molecule has 2 rings (SSSR count). The molecule has 1 unspecified atom stereocenters. The number of carbonyl (C=O) groups is 1. The minimum Gasteiger partial charge on any atom is -0.497 e. The van der Waals surface area contributed by atoms with Gasteiger partial charge in [0.25, 0.3) is 0 Å². The Hall–Kier alpha value is -1.35. The molecule has 1 aliphatic rings. The molecule has 0 saturated carbocycles. The highest BCUT2D eigenvalue weighted by molar-refractivity contribution is 5.98. The minimum absolute atomic E-state index is 0.0465. The van der Waals surface area contributed by atoms with Crippen molar-refractivity contribution in [3.63, 3.8) is 0 Å². The Bertz CT molecular complexity index is 425. The van der Waals surface area contributed by atoms with E-state index in [1.54, 1.807) is 7.11 Å². The molecular weight excluding hydrogens is 238 g/mol. The summed E-state index contributed by atoms with van der Waals surface area (Å²) >= 11 is 0. The van der Waals surface area contributed by atoms with Crippen molar-refractivity contribution < 1.29 is 9.53 Å². The molecule has 1 fully saturated rings. The van der Waals surface area contributed by atoms with Gasteiger partial charge in [0.15, 0.2) is 5.78 Å². The highest BCUT2D eigenvalue weighted by Crippen LogP contribution is 2.18. The lowest BCUT2D eigenvalue weighted by atomic mass is 9.97. The summed E-state index contributed by atoms with van der Waals surface area (Å²) in [5.41, 5.74) is 0.754. The Kier molecular flexibility index (Phi) is 4.97. The van der Waals surface area contributed by atoms with Gasteiger partial charge >= 0.3 is 0 Å². The molecule has 1 atom stereocenters. The third-order valence-electron chi connectivity index (χ3n) is 3.78. The van der Waals surface area contributed by atoms with Crippen LogP contribution in [0.3, 0.4) is 0 Å². The van der Waals surface area contributed by atoms with Crippen LogP contribution in [0.5, 0.6) is 5.75 Å². The maximum Gasteiger partial charge on any atom is 0.167 e. The van der Waals surface area contributed by atoms with E-state index in [-0.39, 0.29) is 11.7 Å². The van der Waals surface area contributed by atoms with Gasteiger partial charge < -0.3 is 9.64 Å². The fourth-order valence-corrected chi connectivity index (χ4v) is 2.67. The Morgan fingerprint density at radius 1 is 1.32 bits per heavy atom. The Morgan fingerprint density at radius 3 is 2.74 bits per heavy atom. The standard InChI is InChI=1S/C16H23NO2/c1-13(12-17-9-4-3-5-10-17)16(18)14-7-6-8-15(11-14)19-2/h6-8,11,13H,3-5,9-10,12H2,1-2H3. The average Bonchev–Trinajstić information content (AvgIpc) is 2.47. The molecule has 0 amide bonds. The lowest BCUT2D eigenvalue weighted by molar-refractivity contribution is 0.0883. The normalized spacial score (nSPS) is 18.0. The lowest BCUT2D eigenvalue weighted by Gasteiger charge is -2.28. The average molecular weight is 261 g/mol. The summed E-state index contributed by atoms with van der Waals surface area (Å²) in [7, 11) is 1.63. The number of ether oxygens (including phenoxy) is 1. The van der Waals surface area contributed by atoms with Gasteiger partial charge in [-0.3, -0.25) is 4.79 Å². The number of piperidine rings is 1. The fourth-order valence-electron chi connectivity index (χ4n) is 2.67. The van der Waals surface area contributed by atoms with Crippen LogP contribution in [0.1, 0.15) is 36.5 Å². The molecule has 1 aromatic carbocycles. The van der Waals surface area contributed by atoms with Gasteiger partial charge in [-0.05, 0) is 38.1 Å². The molecule has 19 heavy (non-hydrogen) atoms. The summed E-state index contributed by atoms with van der Waals surface area (Å²) in [6, 6.07) is 7.44. The molecule has 3 nitrogen and oxygen atoms in total. The number of nitrogens with zero attached hydrogens (tertiary/aromatic N) is 1. The molecule has 3 heteroatoms. The Morgan fingerprint density at radius 2 is 2.05 bits per heavy atom. The Balaban J connectivity index is 1.97. The third-order valence-corrected chi connectivity index (χ3v) is 3.78. The van der Waals surface area contributed by atoms with Crippen molar-refractivity contribution in [2.45, 2.75) is 26.2 Å². The van der Waals surface area contributed by atoms with E-state index >= 15 is 0 Å². The number of methoxy groups -OCH3 is 1. The highest BCUT2D eigenvalue weighted by Gasteiger charge is 2.20. The van der Waals surface area contributed by atoms with Gasteiger partial charge in [0.2, 0.25) is 0 Å². The second-order valence-corrected chi connectivity index (χ2v) is 5.36. The van der Waals surface area contributed by atoms with E-state index in [0.717, 1.165) is 30.9 Å². The molecule has 1 aliphatic heterocycles. The van der Waals surface area contributed by atoms with E-state index in [0.29, 0.717) is 0 Å². The number of likely N-dealkylation sites (tertiary alicyclic amines) is 1. The van der Waals surface area contributed by atoms with Crippen LogP contribution in [0.4, 0.5) is 0 Å². The van der Waals surface area contributed by atoms with E-state index in [4.69, 9.17) is 4.74 Å². The smallest absolute Gasteiger partial charge is 0.167 e. The molecule has 0 bridgehead atoms. The zero-order chi connectivity index (χ0) is 13.7. The number of Topliss-reactive ketones (excluding diaryl/α,β-unsaturated/α-hetero) is 1.